The number of halogens is 1. The maximum atomic E-state index is 11.3. The van der Waals surface area contributed by atoms with Gasteiger partial charge in [-0.05, 0) is 5.56 Å². The lowest BCUT2D eigenvalue weighted by atomic mass is 10.2. The summed E-state index contributed by atoms with van der Waals surface area (Å²) in [5, 5.41) is 0. The van der Waals surface area contributed by atoms with Gasteiger partial charge in [-0.15, -0.1) is 12.4 Å². The Labute approximate surface area is 119 Å². The molecule has 5 nitrogen and oxygen atoms in total. The number of hydrogen-bond donors (Lipinski definition) is 1. The van der Waals surface area contributed by atoms with Crippen molar-refractivity contribution in [3.8, 4) is 0 Å². The molecular weight excluding hydrogens is 270 g/mol. The Morgan fingerprint density at radius 2 is 1.74 bits per heavy atom. The van der Waals surface area contributed by atoms with Crippen LogP contribution in [0.15, 0.2) is 30.3 Å². The molecule has 1 rings (SSSR count). The van der Waals surface area contributed by atoms with Crippen molar-refractivity contribution in [2.75, 3.05) is 33.0 Å². The average Bonchev–Trinajstić information content (AvgIpc) is 2.41. The normalized spacial score (nSPS) is 9.74. The highest BCUT2D eigenvalue weighted by atomic mass is 35.5. The van der Waals surface area contributed by atoms with E-state index in [1.807, 2.05) is 30.3 Å². The smallest absolute Gasteiger partial charge is 0.332 e. The first-order valence-corrected chi connectivity index (χ1v) is 5.88. The average molecular weight is 290 g/mol. The fourth-order valence-corrected chi connectivity index (χ4v) is 1.24. The van der Waals surface area contributed by atoms with Crippen LogP contribution in [-0.4, -0.2) is 38.9 Å². The highest BCUT2D eigenvalue weighted by molar-refractivity contribution is 5.85. The van der Waals surface area contributed by atoms with Crippen LogP contribution >= 0.6 is 12.4 Å². The summed E-state index contributed by atoms with van der Waals surface area (Å²) in [5.41, 5.74) is 6.20. The van der Waals surface area contributed by atoms with Gasteiger partial charge in [0.15, 0.2) is 0 Å². The largest absolute Gasteiger partial charge is 0.459 e. The van der Waals surface area contributed by atoms with Crippen molar-refractivity contribution >= 4 is 18.4 Å². The standard InChI is InChI=1S/C13H19NO4.ClH/c14-6-7-16-8-9-17-11-13(15)18-10-12-4-2-1-3-5-12;/h1-5H,6-11,14H2;1H. The van der Waals surface area contributed by atoms with Crippen LogP contribution in [0.2, 0.25) is 0 Å². The van der Waals surface area contributed by atoms with Crippen molar-refractivity contribution in [1.82, 2.24) is 0 Å². The third-order valence-corrected chi connectivity index (χ3v) is 2.10. The molecule has 1 aromatic rings. The Kier molecular flexibility index (Phi) is 11.2. The zero-order valence-electron chi connectivity index (χ0n) is 10.7. The quantitative estimate of drug-likeness (QED) is 0.545. The van der Waals surface area contributed by atoms with Crippen LogP contribution in [-0.2, 0) is 25.6 Å². The predicted molar refractivity (Wildman–Crippen MR) is 74.2 cm³/mol. The summed E-state index contributed by atoms with van der Waals surface area (Å²) >= 11 is 0. The molecule has 0 amide bonds. The lowest BCUT2D eigenvalue weighted by Gasteiger charge is -2.06. The molecule has 1 aromatic carbocycles. The summed E-state index contributed by atoms with van der Waals surface area (Å²) in [6, 6.07) is 9.50. The fourth-order valence-electron chi connectivity index (χ4n) is 1.24. The molecule has 108 valence electrons. The summed E-state index contributed by atoms with van der Waals surface area (Å²) in [4.78, 5) is 11.3. The van der Waals surface area contributed by atoms with E-state index < -0.39 is 0 Å². The molecule has 0 aromatic heterocycles. The molecule has 0 bridgehead atoms. The maximum absolute atomic E-state index is 11.3. The van der Waals surface area contributed by atoms with Crippen LogP contribution in [0, 0.1) is 0 Å². The van der Waals surface area contributed by atoms with Crippen LogP contribution in [0.4, 0.5) is 0 Å². The van der Waals surface area contributed by atoms with Crippen LogP contribution < -0.4 is 5.73 Å². The van der Waals surface area contributed by atoms with Crippen molar-refractivity contribution in [2.24, 2.45) is 5.73 Å². The van der Waals surface area contributed by atoms with E-state index in [1.165, 1.54) is 0 Å². The molecule has 0 radical (unpaired) electrons. The van der Waals surface area contributed by atoms with Crippen molar-refractivity contribution in [2.45, 2.75) is 6.61 Å². The second kappa shape index (κ2) is 11.9. The van der Waals surface area contributed by atoms with Gasteiger partial charge >= 0.3 is 5.97 Å². The molecule has 0 aliphatic rings. The van der Waals surface area contributed by atoms with E-state index in [4.69, 9.17) is 19.9 Å². The molecule has 0 saturated heterocycles. The van der Waals surface area contributed by atoms with Crippen molar-refractivity contribution in [1.29, 1.82) is 0 Å². The second-order valence-electron chi connectivity index (χ2n) is 3.60. The van der Waals surface area contributed by atoms with E-state index in [1.54, 1.807) is 0 Å². The zero-order chi connectivity index (χ0) is 13.1. The molecule has 0 aliphatic heterocycles. The summed E-state index contributed by atoms with van der Waals surface area (Å²) in [7, 11) is 0. The van der Waals surface area contributed by atoms with Crippen molar-refractivity contribution < 1.29 is 19.0 Å². The molecule has 19 heavy (non-hydrogen) atoms. The monoisotopic (exact) mass is 289 g/mol. The van der Waals surface area contributed by atoms with Crippen LogP contribution in [0.5, 0.6) is 0 Å². The van der Waals surface area contributed by atoms with Gasteiger partial charge < -0.3 is 19.9 Å². The maximum Gasteiger partial charge on any atom is 0.332 e. The summed E-state index contributed by atoms with van der Waals surface area (Å²) in [6.45, 7) is 2.00. The first-order chi connectivity index (χ1) is 8.83. The molecule has 0 spiro atoms. The van der Waals surface area contributed by atoms with E-state index in [0.29, 0.717) is 26.4 Å². The highest BCUT2D eigenvalue weighted by Crippen LogP contribution is 2.00. The minimum absolute atomic E-state index is 0. The minimum Gasteiger partial charge on any atom is -0.459 e. The van der Waals surface area contributed by atoms with E-state index in [2.05, 4.69) is 0 Å². The van der Waals surface area contributed by atoms with E-state index >= 15 is 0 Å². The fraction of sp³-hybridized carbons (Fsp3) is 0.462. The van der Waals surface area contributed by atoms with Gasteiger partial charge in [0.2, 0.25) is 0 Å². The molecule has 0 heterocycles. The number of hydrogen-bond acceptors (Lipinski definition) is 5. The van der Waals surface area contributed by atoms with Gasteiger partial charge in [0, 0.05) is 6.54 Å². The molecule has 6 heteroatoms. The zero-order valence-corrected chi connectivity index (χ0v) is 11.6. The number of nitrogens with two attached hydrogens (primary N) is 1. The Bertz CT molecular complexity index is 335. The van der Waals surface area contributed by atoms with Crippen LogP contribution in [0.25, 0.3) is 0 Å². The van der Waals surface area contributed by atoms with E-state index in [0.717, 1.165) is 5.56 Å². The third kappa shape index (κ3) is 9.44. The molecule has 0 unspecified atom stereocenters. The summed E-state index contributed by atoms with van der Waals surface area (Å²) in [6.07, 6.45) is 0. The Morgan fingerprint density at radius 3 is 2.42 bits per heavy atom. The second-order valence-corrected chi connectivity index (χ2v) is 3.60. The molecule has 0 saturated carbocycles. The number of esters is 1. The Morgan fingerprint density at radius 1 is 1.05 bits per heavy atom. The number of ether oxygens (including phenoxy) is 3. The Balaban J connectivity index is 0.00000324. The number of benzene rings is 1. The van der Waals surface area contributed by atoms with E-state index in [-0.39, 0.29) is 31.6 Å². The molecule has 2 N–H and O–H groups in total. The first-order valence-electron chi connectivity index (χ1n) is 5.88. The SMILES string of the molecule is Cl.NCCOCCOCC(=O)OCc1ccccc1. The lowest BCUT2D eigenvalue weighted by molar-refractivity contribution is -0.150. The van der Waals surface area contributed by atoms with Crippen LogP contribution in [0.3, 0.4) is 0 Å². The lowest BCUT2D eigenvalue weighted by Crippen LogP contribution is -2.16. The summed E-state index contributed by atoms with van der Waals surface area (Å²) < 4.78 is 15.2. The molecular formula is C13H20ClNO4. The third-order valence-electron chi connectivity index (χ3n) is 2.10. The number of carbonyl (C=O) groups is 1. The predicted octanol–water partition coefficient (Wildman–Crippen LogP) is 1.14. The molecule has 0 atom stereocenters. The minimum atomic E-state index is -0.377. The van der Waals surface area contributed by atoms with Gasteiger partial charge in [-0.1, -0.05) is 30.3 Å². The van der Waals surface area contributed by atoms with Gasteiger partial charge in [0.05, 0.1) is 19.8 Å². The van der Waals surface area contributed by atoms with Gasteiger partial charge in [-0.3, -0.25) is 0 Å². The van der Waals surface area contributed by atoms with Gasteiger partial charge in [0.25, 0.3) is 0 Å². The van der Waals surface area contributed by atoms with Crippen molar-refractivity contribution in [3.05, 3.63) is 35.9 Å². The topological polar surface area (TPSA) is 70.8 Å². The van der Waals surface area contributed by atoms with Gasteiger partial charge in [-0.2, -0.15) is 0 Å². The first kappa shape index (κ1) is 17.9. The summed E-state index contributed by atoms with van der Waals surface area (Å²) in [5.74, 6) is -0.377. The molecule has 0 fully saturated rings. The number of rotatable bonds is 9. The van der Waals surface area contributed by atoms with Crippen molar-refractivity contribution in [3.63, 3.8) is 0 Å². The van der Waals surface area contributed by atoms with E-state index in [9.17, 15) is 4.79 Å². The highest BCUT2D eigenvalue weighted by Gasteiger charge is 2.03. The van der Waals surface area contributed by atoms with Crippen LogP contribution in [0.1, 0.15) is 5.56 Å². The number of carbonyl (C=O) groups excluding carboxylic acids is 1. The molecule has 0 aliphatic carbocycles. The Hall–Kier alpha value is -1.14. The van der Waals surface area contributed by atoms with Gasteiger partial charge in [-0.25, -0.2) is 4.79 Å². The van der Waals surface area contributed by atoms with Gasteiger partial charge in [0.1, 0.15) is 13.2 Å².